The highest BCUT2D eigenvalue weighted by atomic mass is 15.3. The average Bonchev–Trinajstić information content (AvgIpc) is 3.16. The third kappa shape index (κ3) is 3.34. The van der Waals surface area contributed by atoms with Crippen molar-refractivity contribution in [3.05, 3.63) is 0 Å². The van der Waals surface area contributed by atoms with E-state index in [1.54, 1.807) is 0 Å². The molecule has 1 aromatic rings. The molecule has 7 heteroatoms. The van der Waals surface area contributed by atoms with Gasteiger partial charge in [-0.05, 0) is 39.3 Å². The van der Waals surface area contributed by atoms with Gasteiger partial charge in [0, 0.05) is 32.7 Å². The van der Waals surface area contributed by atoms with Crippen LogP contribution in [0.1, 0.15) is 25.7 Å². The van der Waals surface area contributed by atoms with Gasteiger partial charge in [-0.2, -0.15) is 15.0 Å². The number of nitrogens with zero attached hydrogens (tertiary/aromatic N) is 5. The maximum atomic E-state index is 4.58. The number of anilines is 3. The molecule has 0 saturated carbocycles. The quantitative estimate of drug-likeness (QED) is 0.839. The first-order chi connectivity index (χ1) is 10.3. The van der Waals surface area contributed by atoms with Crippen molar-refractivity contribution in [1.29, 1.82) is 0 Å². The molecule has 2 saturated heterocycles. The normalized spacial score (nSPS) is 22.8. The van der Waals surface area contributed by atoms with Crippen molar-refractivity contribution in [3.8, 4) is 0 Å². The largest absolute Gasteiger partial charge is 0.357 e. The van der Waals surface area contributed by atoms with Gasteiger partial charge in [-0.1, -0.05) is 0 Å². The molecule has 116 valence electrons. The molecule has 2 aliphatic rings. The molecular formula is C14H25N7. The fraction of sp³-hybridized carbons (Fsp3) is 0.786. The summed E-state index contributed by atoms with van der Waals surface area (Å²) in [4.78, 5) is 18.1. The molecule has 0 aliphatic carbocycles. The second-order valence-electron chi connectivity index (χ2n) is 5.88. The van der Waals surface area contributed by atoms with E-state index in [4.69, 9.17) is 0 Å². The van der Waals surface area contributed by atoms with Crippen LogP contribution < -0.4 is 15.5 Å². The van der Waals surface area contributed by atoms with Gasteiger partial charge in [0.25, 0.3) is 0 Å². The van der Waals surface area contributed by atoms with Crippen LogP contribution in [0.5, 0.6) is 0 Å². The Balaban J connectivity index is 1.69. The Hall–Kier alpha value is -1.63. The fourth-order valence-electron chi connectivity index (χ4n) is 3.06. The molecule has 0 aromatic carbocycles. The van der Waals surface area contributed by atoms with Crippen molar-refractivity contribution in [1.82, 2.24) is 19.9 Å². The topological polar surface area (TPSA) is 69.2 Å². The highest BCUT2D eigenvalue weighted by Gasteiger charge is 2.21. The van der Waals surface area contributed by atoms with E-state index in [0.717, 1.165) is 25.6 Å². The molecule has 1 atom stereocenters. The standard InChI is InChI=1S/C14H25N7/c1-15-12-17-13(16-10-11-6-5-7-20(11)2)19-14(18-12)21-8-3-4-9-21/h11H,3-10H2,1-2H3,(H2,15,16,17,18,19). The van der Waals surface area contributed by atoms with Crippen LogP contribution in [0.25, 0.3) is 0 Å². The number of likely N-dealkylation sites (tertiary alicyclic amines) is 1. The summed E-state index contributed by atoms with van der Waals surface area (Å²) in [5, 5.41) is 6.41. The Kier molecular flexibility index (Phi) is 4.38. The summed E-state index contributed by atoms with van der Waals surface area (Å²) in [6.45, 7) is 4.16. The Morgan fingerprint density at radius 3 is 2.48 bits per heavy atom. The summed E-state index contributed by atoms with van der Waals surface area (Å²) in [7, 11) is 4.03. The van der Waals surface area contributed by atoms with Gasteiger partial charge in [0.05, 0.1) is 0 Å². The fourth-order valence-corrected chi connectivity index (χ4v) is 3.06. The smallest absolute Gasteiger partial charge is 0.231 e. The van der Waals surface area contributed by atoms with Crippen LogP contribution in [-0.4, -0.2) is 66.2 Å². The monoisotopic (exact) mass is 291 g/mol. The minimum atomic E-state index is 0.579. The average molecular weight is 291 g/mol. The van der Waals surface area contributed by atoms with Gasteiger partial charge >= 0.3 is 0 Å². The number of hydrogen-bond acceptors (Lipinski definition) is 7. The van der Waals surface area contributed by atoms with E-state index in [1.807, 2.05) is 7.05 Å². The van der Waals surface area contributed by atoms with Crippen molar-refractivity contribution in [2.24, 2.45) is 0 Å². The molecule has 1 unspecified atom stereocenters. The van der Waals surface area contributed by atoms with Crippen LogP contribution in [0, 0.1) is 0 Å². The Morgan fingerprint density at radius 2 is 1.81 bits per heavy atom. The van der Waals surface area contributed by atoms with Crippen LogP contribution in [0.4, 0.5) is 17.8 Å². The van der Waals surface area contributed by atoms with Crippen molar-refractivity contribution in [3.63, 3.8) is 0 Å². The van der Waals surface area contributed by atoms with Gasteiger partial charge < -0.3 is 20.4 Å². The van der Waals surface area contributed by atoms with E-state index in [2.05, 4.69) is 42.4 Å². The molecule has 7 nitrogen and oxygen atoms in total. The van der Waals surface area contributed by atoms with Crippen LogP contribution in [0.3, 0.4) is 0 Å². The van der Waals surface area contributed by atoms with Crippen LogP contribution in [0.2, 0.25) is 0 Å². The number of aromatic nitrogens is 3. The van der Waals surface area contributed by atoms with Crippen LogP contribution in [-0.2, 0) is 0 Å². The zero-order valence-corrected chi connectivity index (χ0v) is 13.0. The van der Waals surface area contributed by atoms with Crippen molar-refractivity contribution < 1.29 is 0 Å². The lowest BCUT2D eigenvalue weighted by atomic mass is 10.2. The molecule has 3 rings (SSSR count). The molecule has 0 amide bonds. The molecule has 0 bridgehead atoms. The van der Waals surface area contributed by atoms with E-state index < -0.39 is 0 Å². The third-order valence-corrected chi connectivity index (χ3v) is 4.40. The lowest BCUT2D eigenvalue weighted by molar-refractivity contribution is 0.322. The lowest BCUT2D eigenvalue weighted by Crippen LogP contribution is -2.32. The second-order valence-corrected chi connectivity index (χ2v) is 5.88. The third-order valence-electron chi connectivity index (χ3n) is 4.40. The molecular weight excluding hydrogens is 266 g/mol. The molecule has 2 N–H and O–H groups in total. The minimum Gasteiger partial charge on any atom is -0.357 e. The van der Waals surface area contributed by atoms with Gasteiger partial charge in [-0.15, -0.1) is 0 Å². The molecule has 3 heterocycles. The van der Waals surface area contributed by atoms with Crippen molar-refractivity contribution in [2.75, 3.05) is 55.8 Å². The van der Waals surface area contributed by atoms with E-state index in [1.165, 1.54) is 32.2 Å². The summed E-state index contributed by atoms with van der Waals surface area (Å²) in [6, 6.07) is 0.579. The van der Waals surface area contributed by atoms with Gasteiger partial charge in [0.1, 0.15) is 0 Å². The molecule has 2 aliphatic heterocycles. The second kappa shape index (κ2) is 6.43. The van der Waals surface area contributed by atoms with Crippen LogP contribution in [0.15, 0.2) is 0 Å². The van der Waals surface area contributed by atoms with Gasteiger partial charge in [-0.25, -0.2) is 0 Å². The maximum absolute atomic E-state index is 4.58. The summed E-state index contributed by atoms with van der Waals surface area (Å²) in [6.07, 6.45) is 4.96. The number of hydrogen-bond donors (Lipinski definition) is 2. The summed E-state index contributed by atoms with van der Waals surface area (Å²) in [5.41, 5.74) is 0. The van der Waals surface area contributed by atoms with Gasteiger partial charge in [-0.3, -0.25) is 0 Å². The van der Waals surface area contributed by atoms with Crippen molar-refractivity contribution >= 4 is 17.8 Å². The zero-order chi connectivity index (χ0) is 14.7. The molecule has 0 spiro atoms. The minimum absolute atomic E-state index is 0.579. The first-order valence-electron chi connectivity index (χ1n) is 7.89. The Labute approximate surface area is 126 Å². The van der Waals surface area contributed by atoms with E-state index >= 15 is 0 Å². The molecule has 21 heavy (non-hydrogen) atoms. The maximum Gasteiger partial charge on any atom is 0.231 e. The van der Waals surface area contributed by atoms with E-state index in [0.29, 0.717) is 17.9 Å². The SMILES string of the molecule is CNc1nc(NCC2CCCN2C)nc(N2CCCC2)n1. The van der Waals surface area contributed by atoms with E-state index in [9.17, 15) is 0 Å². The van der Waals surface area contributed by atoms with Gasteiger partial charge in [0.15, 0.2) is 0 Å². The molecule has 0 radical (unpaired) electrons. The predicted octanol–water partition coefficient (Wildman–Crippen LogP) is 1.02. The van der Waals surface area contributed by atoms with E-state index in [-0.39, 0.29) is 0 Å². The van der Waals surface area contributed by atoms with Crippen molar-refractivity contribution in [2.45, 2.75) is 31.7 Å². The molecule has 1 aromatic heterocycles. The summed E-state index contributed by atoms with van der Waals surface area (Å²) >= 11 is 0. The predicted molar refractivity (Wildman–Crippen MR) is 85.0 cm³/mol. The lowest BCUT2D eigenvalue weighted by Gasteiger charge is -2.20. The highest BCUT2D eigenvalue weighted by Crippen LogP contribution is 2.19. The van der Waals surface area contributed by atoms with Crippen LogP contribution >= 0.6 is 0 Å². The summed E-state index contributed by atoms with van der Waals surface area (Å²) in [5.74, 6) is 2.10. The number of likely N-dealkylation sites (N-methyl/N-ethyl adjacent to an activating group) is 1. The Morgan fingerprint density at radius 1 is 1.05 bits per heavy atom. The first-order valence-corrected chi connectivity index (χ1v) is 7.89. The number of rotatable bonds is 5. The molecule has 2 fully saturated rings. The first kappa shape index (κ1) is 14.3. The Bertz CT molecular complexity index is 472. The zero-order valence-electron chi connectivity index (χ0n) is 13.0. The summed E-state index contributed by atoms with van der Waals surface area (Å²) < 4.78 is 0. The van der Waals surface area contributed by atoms with Gasteiger partial charge in [0.2, 0.25) is 17.8 Å². The highest BCUT2D eigenvalue weighted by molar-refractivity contribution is 5.44. The number of nitrogens with one attached hydrogen (secondary N) is 2.